The SMILES string of the molecule is CNCc1ccc(S(=O)(=O)NCCCCN(C)C)o1. The van der Waals surface area contributed by atoms with Crippen LogP contribution in [0.2, 0.25) is 0 Å². The van der Waals surface area contributed by atoms with Crippen molar-refractivity contribution in [3.63, 3.8) is 0 Å². The number of nitrogens with one attached hydrogen (secondary N) is 2. The Bertz CT molecular complexity index is 468. The second kappa shape index (κ2) is 7.64. The van der Waals surface area contributed by atoms with Gasteiger partial charge < -0.3 is 14.6 Å². The zero-order chi connectivity index (χ0) is 14.3. The maximum atomic E-state index is 11.9. The van der Waals surface area contributed by atoms with Gasteiger partial charge in [0.05, 0.1) is 6.54 Å². The normalized spacial score (nSPS) is 12.2. The van der Waals surface area contributed by atoms with Gasteiger partial charge in [-0.15, -0.1) is 0 Å². The van der Waals surface area contributed by atoms with Crippen molar-refractivity contribution in [1.82, 2.24) is 14.9 Å². The molecule has 0 fully saturated rings. The monoisotopic (exact) mass is 289 g/mol. The predicted octanol–water partition coefficient (Wildman–Crippen LogP) is 0.619. The highest BCUT2D eigenvalue weighted by molar-refractivity contribution is 7.89. The maximum Gasteiger partial charge on any atom is 0.273 e. The molecule has 110 valence electrons. The number of sulfonamides is 1. The first-order valence-corrected chi connectivity index (χ1v) is 7.81. The molecule has 0 aliphatic carbocycles. The average Bonchev–Trinajstić information content (AvgIpc) is 2.78. The topological polar surface area (TPSA) is 74.6 Å². The number of hydrogen-bond acceptors (Lipinski definition) is 5. The lowest BCUT2D eigenvalue weighted by atomic mass is 10.3. The number of furan rings is 1. The van der Waals surface area contributed by atoms with Gasteiger partial charge in [0.15, 0.2) is 0 Å². The lowest BCUT2D eigenvalue weighted by Gasteiger charge is -2.09. The first-order chi connectivity index (χ1) is 8.95. The fourth-order valence-electron chi connectivity index (χ4n) is 1.60. The molecule has 6 nitrogen and oxygen atoms in total. The lowest BCUT2D eigenvalue weighted by Crippen LogP contribution is -2.25. The molecule has 1 aromatic heterocycles. The van der Waals surface area contributed by atoms with Crippen molar-refractivity contribution in [3.8, 4) is 0 Å². The van der Waals surface area contributed by atoms with Crippen LogP contribution in [0.4, 0.5) is 0 Å². The van der Waals surface area contributed by atoms with Crippen molar-refractivity contribution in [2.75, 3.05) is 34.2 Å². The molecule has 0 aliphatic heterocycles. The van der Waals surface area contributed by atoms with Crippen molar-refractivity contribution in [1.29, 1.82) is 0 Å². The summed E-state index contributed by atoms with van der Waals surface area (Å²) in [6.45, 7) is 1.89. The molecule has 19 heavy (non-hydrogen) atoms. The fourth-order valence-corrected chi connectivity index (χ4v) is 2.62. The van der Waals surface area contributed by atoms with Gasteiger partial charge in [0, 0.05) is 6.54 Å². The molecule has 2 N–H and O–H groups in total. The second-order valence-corrected chi connectivity index (χ2v) is 6.36. The van der Waals surface area contributed by atoms with Gasteiger partial charge in [-0.1, -0.05) is 0 Å². The molecule has 0 bridgehead atoms. The van der Waals surface area contributed by atoms with Crippen molar-refractivity contribution in [3.05, 3.63) is 17.9 Å². The van der Waals surface area contributed by atoms with Gasteiger partial charge in [-0.3, -0.25) is 0 Å². The second-order valence-electron chi connectivity index (χ2n) is 4.66. The fraction of sp³-hybridized carbons (Fsp3) is 0.667. The Balaban J connectivity index is 2.42. The minimum Gasteiger partial charge on any atom is -0.447 e. The Hall–Kier alpha value is -0.890. The number of rotatable bonds is 9. The van der Waals surface area contributed by atoms with Crippen LogP contribution in [0, 0.1) is 0 Å². The van der Waals surface area contributed by atoms with Crippen LogP contribution in [0.15, 0.2) is 21.6 Å². The van der Waals surface area contributed by atoms with Crippen molar-refractivity contribution in [2.24, 2.45) is 0 Å². The van der Waals surface area contributed by atoms with Crippen LogP contribution in [-0.4, -0.2) is 47.6 Å². The largest absolute Gasteiger partial charge is 0.447 e. The van der Waals surface area contributed by atoms with E-state index < -0.39 is 10.0 Å². The quantitative estimate of drug-likeness (QED) is 0.652. The summed E-state index contributed by atoms with van der Waals surface area (Å²) < 4.78 is 31.6. The summed E-state index contributed by atoms with van der Waals surface area (Å²) in [5.41, 5.74) is 0. The third kappa shape index (κ3) is 5.73. The van der Waals surface area contributed by atoms with E-state index in [9.17, 15) is 8.42 Å². The third-order valence-corrected chi connectivity index (χ3v) is 3.91. The highest BCUT2D eigenvalue weighted by Crippen LogP contribution is 2.13. The van der Waals surface area contributed by atoms with E-state index >= 15 is 0 Å². The lowest BCUT2D eigenvalue weighted by molar-refractivity contribution is 0.392. The van der Waals surface area contributed by atoms with Crippen LogP contribution in [0.25, 0.3) is 0 Å². The predicted molar refractivity (Wildman–Crippen MR) is 74.4 cm³/mol. The van der Waals surface area contributed by atoms with Gasteiger partial charge in [-0.25, -0.2) is 13.1 Å². The van der Waals surface area contributed by atoms with Crippen LogP contribution in [0.3, 0.4) is 0 Å². The molecule has 0 unspecified atom stereocenters. The molecule has 0 spiro atoms. The first kappa shape index (κ1) is 16.2. The molecule has 0 aliphatic rings. The Morgan fingerprint density at radius 2 is 2.00 bits per heavy atom. The van der Waals surface area contributed by atoms with Crippen LogP contribution < -0.4 is 10.0 Å². The molecule has 7 heteroatoms. The van der Waals surface area contributed by atoms with Crippen LogP contribution in [0.1, 0.15) is 18.6 Å². The summed E-state index contributed by atoms with van der Waals surface area (Å²) in [5.74, 6) is 0.607. The van der Waals surface area contributed by atoms with Gasteiger partial charge in [0.2, 0.25) is 5.09 Å². The summed E-state index contributed by atoms with van der Waals surface area (Å²) in [6.07, 6.45) is 1.76. The van der Waals surface area contributed by atoms with E-state index in [0.29, 0.717) is 18.8 Å². The third-order valence-electron chi connectivity index (χ3n) is 2.58. The zero-order valence-corrected chi connectivity index (χ0v) is 12.6. The first-order valence-electron chi connectivity index (χ1n) is 6.33. The molecule has 0 radical (unpaired) electrons. The average molecular weight is 289 g/mol. The standard InChI is InChI=1S/C12H23N3O3S/c1-13-10-11-6-7-12(18-11)19(16,17)14-8-4-5-9-15(2)3/h6-7,13-14H,4-5,8-10H2,1-3H3. The number of hydrogen-bond donors (Lipinski definition) is 2. The van der Waals surface area contributed by atoms with E-state index in [1.807, 2.05) is 14.1 Å². The molecule has 0 atom stereocenters. The Morgan fingerprint density at radius 3 is 2.63 bits per heavy atom. The summed E-state index contributed by atoms with van der Waals surface area (Å²) in [7, 11) is 2.25. The highest BCUT2D eigenvalue weighted by Gasteiger charge is 2.17. The molecule has 0 aromatic carbocycles. The Kier molecular flexibility index (Phi) is 6.50. The van der Waals surface area contributed by atoms with Gasteiger partial charge in [-0.05, 0) is 52.7 Å². The molecule has 1 rings (SSSR count). The zero-order valence-electron chi connectivity index (χ0n) is 11.8. The maximum absolute atomic E-state index is 11.9. The molecule has 0 saturated heterocycles. The smallest absolute Gasteiger partial charge is 0.273 e. The molecule has 0 amide bonds. The van der Waals surface area contributed by atoms with E-state index in [2.05, 4.69) is 14.9 Å². The summed E-state index contributed by atoms with van der Waals surface area (Å²) in [6, 6.07) is 3.14. The van der Waals surface area contributed by atoms with Crippen molar-refractivity contribution in [2.45, 2.75) is 24.5 Å². The van der Waals surface area contributed by atoms with E-state index in [0.717, 1.165) is 19.4 Å². The van der Waals surface area contributed by atoms with Crippen LogP contribution in [0.5, 0.6) is 0 Å². The summed E-state index contributed by atoms with van der Waals surface area (Å²) >= 11 is 0. The van der Waals surface area contributed by atoms with Crippen molar-refractivity contribution < 1.29 is 12.8 Å². The van der Waals surface area contributed by atoms with Gasteiger partial charge in [0.25, 0.3) is 10.0 Å². The van der Waals surface area contributed by atoms with Gasteiger partial charge in [0.1, 0.15) is 5.76 Å². The summed E-state index contributed by atoms with van der Waals surface area (Å²) in [4.78, 5) is 2.07. The van der Waals surface area contributed by atoms with E-state index in [1.165, 1.54) is 6.07 Å². The van der Waals surface area contributed by atoms with Crippen LogP contribution in [-0.2, 0) is 16.6 Å². The highest BCUT2D eigenvalue weighted by atomic mass is 32.2. The summed E-state index contributed by atoms with van der Waals surface area (Å²) in [5, 5.41) is 2.88. The van der Waals surface area contributed by atoms with Crippen LogP contribution >= 0.6 is 0 Å². The van der Waals surface area contributed by atoms with E-state index in [1.54, 1.807) is 13.1 Å². The minimum atomic E-state index is -3.52. The molecule has 0 saturated carbocycles. The molecule has 1 aromatic rings. The Labute approximate surface area is 115 Å². The van der Waals surface area contributed by atoms with Gasteiger partial charge >= 0.3 is 0 Å². The number of unbranched alkanes of at least 4 members (excludes halogenated alkanes) is 1. The van der Waals surface area contributed by atoms with E-state index in [-0.39, 0.29) is 5.09 Å². The number of nitrogens with zero attached hydrogens (tertiary/aromatic N) is 1. The molecule has 1 heterocycles. The Morgan fingerprint density at radius 1 is 1.26 bits per heavy atom. The van der Waals surface area contributed by atoms with E-state index in [4.69, 9.17) is 4.42 Å². The van der Waals surface area contributed by atoms with Crippen molar-refractivity contribution >= 4 is 10.0 Å². The molecular weight excluding hydrogens is 266 g/mol. The van der Waals surface area contributed by atoms with Gasteiger partial charge in [-0.2, -0.15) is 0 Å². The molecular formula is C12H23N3O3S. The minimum absolute atomic E-state index is 0.0228.